The number of halogens is 2. The van der Waals surface area contributed by atoms with Crippen LogP contribution in [-0.2, 0) is 10.7 Å². The molecule has 98 valence electrons. The van der Waals surface area contributed by atoms with E-state index in [-0.39, 0.29) is 0 Å². The van der Waals surface area contributed by atoms with E-state index in [2.05, 4.69) is 0 Å². The number of aliphatic carboxylic acids is 1. The fourth-order valence-corrected chi connectivity index (χ4v) is 1.90. The summed E-state index contributed by atoms with van der Waals surface area (Å²) in [6.07, 6.45) is 0. The molecule has 0 saturated heterocycles. The molecule has 2 aromatic rings. The van der Waals surface area contributed by atoms with E-state index in [9.17, 15) is 13.6 Å². The standard InChI is InChI=1S/C15H12F2O2/c1-10-5-2-3-8-13(10)11-6-4-7-12(9-11)15(16,17)14(18)19/h2-9H,1H3,(H,18,19). The third kappa shape index (κ3) is 2.47. The molecular weight excluding hydrogens is 250 g/mol. The van der Waals surface area contributed by atoms with Gasteiger partial charge < -0.3 is 5.11 Å². The van der Waals surface area contributed by atoms with Gasteiger partial charge in [-0.3, -0.25) is 0 Å². The largest absolute Gasteiger partial charge is 0.477 e. The maximum Gasteiger partial charge on any atom is 0.379 e. The van der Waals surface area contributed by atoms with Crippen LogP contribution in [0.3, 0.4) is 0 Å². The first-order valence-corrected chi connectivity index (χ1v) is 5.70. The predicted octanol–water partition coefficient (Wildman–Crippen LogP) is 3.84. The Morgan fingerprint density at radius 3 is 2.42 bits per heavy atom. The van der Waals surface area contributed by atoms with E-state index in [0.29, 0.717) is 5.56 Å². The van der Waals surface area contributed by atoms with Crippen LogP contribution in [0.5, 0.6) is 0 Å². The van der Waals surface area contributed by atoms with Gasteiger partial charge in [-0.25, -0.2) is 4.79 Å². The lowest BCUT2D eigenvalue weighted by Crippen LogP contribution is -2.25. The van der Waals surface area contributed by atoms with Crippen LogP contribution in [-0.4, -0.2) is 11.1 Å². The van der Waals surface area contributed by atoms with Crippen molar-refractivity contribution in [3.05, 3.63) is 59.7 Å². The lowest BCUT2D eigenvalue weighted by molar-refractivity contribution is -0.166. The van der Waals surface area contributed by atoms with Crippen molar-refractivity contribution in [2.45, 2.75) is 12.8 Å². The molecule has 1 N–H and O–H groups in total. The summed E-state index contributed by atoms with van der Waals surface area (Å²) < 4.78 is 27.0. The monoisotopic (exact) mass is 262 g/mol. The zero-order valence-electron chi connectivity index (χ0n) is 10.2. The van der Waals surface area contributed by atoms with Crippen LogP contribution in [0.2, 0.25) is 0 Å². The average Bonchev–Trinajstić information content (AvgIpc) is 2.39. The van der Waals surface area contributed by atoms with Gasteiger partial charge in [0, 0.05) is 5.56 Å². The number of carbonyl (C=O) groups is 1. The van der Waals surface area contributed by atoms with Gasteiger partial charge in [0.2, 0.25) is 0 Å². The molecule has 0 aliphatic rings. The van der Waals surface area contributed by atoms with Crippen LogP contribution in [0.4, 0.5) is 8.78 Å². The number of carboxylic acid groups (broad SMARTS) is 1. The summed E-state index contributed by atoms with van der Waals surface area (Å²) in [4.78, 5) is 10.6. The second-order valence-electron chi connectivity index (χ2n) is 4.28. The molecule has 2 nitrogen and oxygen atoms in total. The van der Waals surface area contributed by atoms with Crippen LogP contribution in [0.25, 0.3) is 11.1 Å². The van der Waals surface area contributed by atoms with Crippen LogP contribution in [0.1, 0.15) is 11.1 Å². The van der Waals surface area contributed by atoms with Crippen molar-refractivity contribution in [2.75, 3.05) is 0 Å². The third-order valence-corrected chi connectivity index (χ3v) is 2.95. The summed E-state index contributed by atoms with van der Waals surface area (Å²) in [5.74, 6) is -6.02. The van der Waals surface area contributed by atoms with Crippen molar-refractivity contribution in [2.24, 2.45) is 0 Å². The summed E-state index contributed by atoms with van der Waals surface area (Å²) in [6, 6.07) is 12.8. The molecule has 0 heterocycles. The minimum atomic E-state index is -3.88. The van der Waals surface area contributed by atoms with Crippen LogP contribution in [0, 0.1) is 6.92 Å². The van der Waals surface area contributed by atoms with Crippen molar-refractivity contribution >= 4 is 5.97 Å². The van der Waals surface area contributed by atoms with E-state index in [4.69, 9.17) is 5.11 Å². The van der Waals surface area contributed by atoms with Crippen molar-refractivity contribution < 1.29 is 18.7 Å². The number of hydrogen-bond acceptors (Lipinski definition) is 1. The number of hydrogen-bond donors (Lipinski definition) is 1. The number of alkyl halides is 2. The molecule has 0 spiro atoms. The zero-order valence-corrected chi connectivity index (χ0v) is 10.2. The summed E-state index contributed by atoms with van der Waals surface area (Å²) in [7, 11) is 0. The highest BCUT2D eigenvalue weighted by Gasteiger charge is 2.41. The van der Waals surface area contributed by atoms with Gasteiger partial charge in [0.15, 0.2) is 0 Å². The molecule has 0 radical (unpaired) electrons. The number of benzene rings is 2. The molecule has 0 aromatic heterocycles. The molecule has 0 aliphatic carbocycles. The summed E-state index contributed by atoms with van der Waals surface area (Å²) in [5, 5.41) is 8.56. The van der Waals surface area contributed by atoms with E-state index < -0.39 is 17.5 Å². The molecule has 0 atom stereocenters. The smallest absolute Gasteiger partial charge is 0.379 e. The highest BCUT2D eigenvalue weighted by Crippen LogP contribution is 2.32. The molecule has 0 saturated carbocycles. The first-order valence-electron chi connectivity index (χ1n) is 5.70. The maximum atomic E-state index is 13.5. The maximum absolute atomic E-state index is 13.5. The molecule has 0 fully saturated rings. The summed E-state index contributed by atoms with van der Waals surface area (Å²) in [6.45, 7) is 1.87. The molecule has 2 aromatic carbocycles. The second kappa shape index (κ2) is 4.80. The van der Waals surface area contributed by atoms with Gasteiger partial charge in [0.25, 0.3) is 0 Å². The van der Waals surface area contributed by atoms with Crippen molar-refractivity contribution in [3.8, 4) is 11.1 Å². The highest BCUT2D eigenvalue weighted by molar-refractivity contribution is 5.78. The molecular formula is C15H12F2O2. The zero-order chi connectivity index (χ0) is 14.0. The first kappa shape index (κ1) is 13.2. The van der Waals surface area contributed by atoms with Crippen molar-refractivity contribution in [3.63, 3.8) is 0 Å². The molecule has 4 heteroatoms. The van der Waals surface area contributed by atoms with Crippen molar-refractivity contribution in [1.29, 1.82) is 0 Å². The topological polar surface area (TPSA) is 37.3 Å². The second-order valence-corrected chi connectivity index (χ2v) is 4.28. The Labute approximate surface area is 109 Å². The molecule has 0 aliphatic heterocycles. The van der Waals surface area contributed by atoms with Crippen molar-refractivity contribution in [1.82, 2.24) is 0 Å². The Hall–Kier alpha value is -2.23. The first-order chi connectivity index (χ1) is 8.93. The number of aryl methyl sites for hydroxylation is 1. The van der Waals surface area contributed by atoms with E-state index in [0.717, 1.165) is 17.2 Å². The fourth-order valence-electron chi connectivity index (χ4n) is 1.90. The predicted molar refractivity (Wildman–Crippen MR) is 68.1 cm³/mol. The van der Waals surface area contributed by atoms with Crippen LogP contribution < -0.4 is 0 Å². The highest BCUT2D eigenvalue weighted by atomic mass is 19.3. The SMILES string of the molecule is Cc1ccccc1-c1cccc(C(F)(F)C(=O)O)c1. The fraction of sp³-hybridized carbons (Fsp3) is 0.133. The molecule has 0 unspecified atom stereocenters. The Morgan fingerprint density at radius 2 is 1.79 bits per heavy atom. The lowest BCUT2D eigenvalue weighted by atomic mass is 9.97. The normalized spacial score (nSPS) is 11.3. The van der Waals surface area contributed by atoms with Crippen LogP contribution >= 0.6 is 0 Å². The minimum Gasteiger partial charge on any atom is -0.477 e. The Balaban J connectivity index is 2.52. The van der Waals surface area contributed by atoms with Crippen LogP contribution in [0.15, 0.2) is 48.5 Å². The molecule has 0 bridgehead atoms. The lowest BCUT2D eigenvalue weighted by Gasteiger charge is -2.13. The van der Waals surface area contributed by atoms with Gasteiger partial charge in [-0.05, 0) is 29.7 Å². The number of carboxylic acids is 1. The van der Waals surface area contributed by atoms with Gasteiger partial charge in [-0.2, -0.15) is 8.78 Å². The molecule has 0 amide bonds. The van der Waals surface area contributed by atoms with E-state index in [1.54, 1.807) is 6.07 Å². The summed E-state index contributed by atoms with van der Waals surface area (Å²) >= 11 is 0. The molecule has 2 rings (SSSR count). The molecule has 19 heavy (non-hydrogen) atoms. The van der Waals surface area contributed by atoms with E-state index in [1.165, 1.54) is 12.1 Å². The van der Waals surface area contributed by atoms with E-state index in [1.807, 2.05) is 31.2 Å². The van der Waals surface area contributed by atoms with Gasteiger partial charge in [-0.15, -0.1) is 0 Å². The Bertz CT molecular complexity index is 621. The Morgan fingerprint density at radius 1 is 1.11 bits per heavy atom. The van der Waals surface area contributed by atoms with E-state index >= 15 is 0 Å². The van der Waals surface area contributed by atoms with Gasteiger partial charge in [-0.1, -0.05) is 42.5 Å². The third-order valence-electron chi connectivity index (χ3n) is 2.95. The van der Waals surface area contributed by atoms with Gasteiger partial charge in [0.1, 0.15) is 0 Å². The average molecular weight is 262 g/mol. The van der Waals surface area contributed by atoms with Gasteiger partial charge in [0.05, 0.1) is 0 Å². The number of rotatable bonds is 3. The quantitative estimate of drug-likeness (QED) is 0.912. The minimum absolute atomic E-state index is 0.513. The Kier molecular flexibility index (Phi) is 3.34. The van der Waals surface area contributed by atoms with Gasteiger partial charge >= 0.3 is 11.9 Å². The summed E-state index contributed by atoms with van der Waals surface area (Å²) in [5.41, 5.74) is 1.82.